The molecule has 20 heavy (non-hydrogen) atoms. The number of esters is 1. The van der Waals surface area contributed by atoms with Crippen LogP contribution in [0.25, 0.3) is 0 Å². The van der Waals surface area contributed by atoms with Gasteiger partial charge in [-0.25, -0.2) is 9.59 Å². The SMILES string of the molecule is CCCC[C@@]12CC[C@@H](CC=C1C(=O)OC)N2C(=O)OC. The molecule has 2 rings (SSSR count). The summed E-state index contributed by atoms with van der Waals surface area (Å²) in [5.74, 6) is -0.324. The highest BCUT2D eigenvalue weighted by molar-refractivity contribution is 5.93. The first kappa shape index (κ1) is 14.9. The number of nitrogens with zero attached hydrogens (tertiary/aromatic N) is 1. The molecule has 0 aromatic carbocycles. The van der Waals surface area contributed by atoms with Crippen LogP contribution in [-0.2, 0) is 14.3 Å². The summed E-state index contributed by atoms with van der Waals surface area (Å²) in [7, 11) is 2.78. The molecule has 2 aliphatic heterocycles. The van der Waals surface area contributed by atoms with Crippen LogP contribution in [0.1, 0.15) is 45.4 Å². The Morgan fingerprint density at radius 1 is 1.40 bits per heavy atom. The van der Waals surface area contributed by atoms with Crippen LogP contribution in [0.5, 0.6) is 0 Å². The molecule has 0 radical (unpaired) electrons. The summed E-state index contributed by atoms with van der Waals surface area (Å²) in [4.78, 5) is 26.1. The van der Waals surface area contributed by atoms with E-state index in [0.717, 1.165) is 32.1 Å². The lowest BCUT2D eigenvalue weighted by Gasteiger charge is -2.43. The Hall–Kier alpha value is -1.52. The van der Waals surface area contributed by atoms with Gasteiger partial charge >= 0.3 is 12.1 Å². The van der Waals surface area contributed by atoms with Crippen molar-refractivity contribution in [1.29, 1.82) is 0 Å². The van der Waals surface area contributed by atoms with Crippen molar-refractivity contribution in [2.45, 2.75) is 57.0 Å². The van der Waals surface area contributed by atoms with Crippen molar-refractivity contribution in [1.82, 2.24) is 4.90 Å². The highest BCUT2D eigenvalue weighted by Gasteiger charge is 2.55. The lowest BCUT2D eigenvalue weighted by Crippen LogP contribution is -2.55. The van der Waals surface area contributed by atoms with Crippen LogP contribution >= 0.6 is 0 Å². The number of amides is 1. The molecule has 0 aliphatic carbocycles. The van der Waals surface area contributed by atoms with Crippen LogP contribution in [0.3, 0.4) is 0 Å². The van der Waals surface area contributed by atoms with Gasteiger partial charge in [-0.3, -0.25) is 4.90 Å². The predicted molar refractivity (Wildman–Crippen MR) is 74.2 cm³/mol. The first-order valence-corrected chi connectivity index (χ1v) is 7.27. The van der Waals surface area contributed by atoms with Crippen molar-refractivity contribution < 1.29 is 19.1 Å². The third kappa shape index (κ3) is 2.19. The van der Waals surface area contributed by atoms with E-state index in [-0.39, 0.29) is 18.1 Å². The number of unbranched alkanes of at least 4 members (excludes halogenated alkanes) is 1. The second-order valence-corrected chi connectivity index (χ2v) is 5.51. The Bertz CT molecular complexity index is 432. The number of rotatable bonds is 4. The van der Waals surface area contributed by atoms with Crippen LogP contribution in [0, 0.1) is 0 Å². The number of carbonyl (C=O) groups excluding carboxylic acids is 2. The lowest BCUT2D eigenvalue weighted by molar-refractivity contribution is -0.137. The summed E-state index contributed by atoms with van der Waals surface area (Å²) in [6, 6.07) is 0.146. The molecule has 1 saturated heterocycles. The molecule has 0 aromatic rings. The maximum Gasteiger partial charge on any atom is 0.410 e. The molecule has 2 bridgehead atoms. The summed E-state index contributed by atoms with van der Waals surface area (Å²) in [6.07, 6.45) is 6.83. The molecule has 5 heteroatoms. The van der Waals surface area contributed by atoms with E-state index in [4.69, 9.17) is 9.47 Å². The standard InChI is InChI=1S/C15H23NO4/c1-4-5-9-15-10-8-11(16(15)14(18)20-3)6-7-12(15)13(17)19-2/h7,11H,4-6,8-10H2,1-3H3/t11-,15-/m1/s1. The third-order valence-corrected chi connectivity index (χ3v) is 4.53. The molecule has 112 valence electrons. The molecule has 0 spiro atoms. The van der Waals surface area contributed by atoms with Gasteiger partial charge in [-0.1, -0.05) is 25.8 Å². The molecule has 2 aliphatic rings. The zero-order valence-corrected chi connectivity index (χ0v) is 12.5. The third-order valence-electron chi connectivity index (χ3n) is 4.53. The zero-order valence-electron chi connectivity index (χ0n) is 12.5. The Kier molecular flexibility index (Phi) is 4.35. The van der Waals surface area contributed by atoms with Crippen molar-refractivity contribution in [3.05, 3.63) is 11.6 Å². The largest absolute Gasteiger partial charge is 0.466 e. The molecule has 0 saturated carbocycles. The predicted octanol–water partition coefficient (Wildman–Crippen LogP) is 2.65. The molecular formula is C15H23NO4. The molecule has 0 N–H and O–H groups in total. The monoisotopic (exact) mass is 281 g/mol. The Labute approximate surface area is 119 Å². The van der Waals surface area contributed by atoms with Gasteiger partial charge in [0, 0.05) is 6.04 Å². The molecule has 2 atom stereocenters. The fraction of sp³-hybridized carbons (Fsp3) is 0.733. The lowest BCUT2D eigenvalue weighted by atomic mass is 9.81. The summed E-state index contributed by atoms with van der Waals surface area (Å²) in [5.41, 5.74) is 0.103. The fourth-order valence-corrected chi connectivity index (χ4v) is 3.59. The van der Waals surface area contributed by atoms with Gasteiger partial charge in [0.15, 0.2) is 0 Å². The Balaban J connectivity index is 2.41. The van der Waals surface area contributed by atoms with Crippen LogP contribution in [-0.4, -0.2) is 42.8 Å². The van der Waals surface area contributed by atoms with Gasteiger partial charge in [0.25, 0.3) is 0 Å². The molecular weight excluding hydrogens is 258 g/mol. The number of fused-ring (bicyclic) bond motifs is 2. The molecule has 0 unspecified atom stereocenters. The van der Waals surface area contributed by atoms with Crippen molar-refractivity contribution in [3.63, 3.8) is 0 Å². The number of hydrogen-bond donors (Lipinski definition) is 0. The van der Waals surface area contributed by atoms with Crippen molar-refractivity contribution in [2.75, 3.05) is 14.2 Å². The number of ether oxygens (including phenoxy) is 2. The second kappa shape index (κ2) is 5.85. The summed E-state index contributed by atoms with van der Waals surface area (Å²) in [6.45, 7) is 2.11. The second-order valence-electron chi connectivity index (χ2n) is 5.51. The minimum atomic E-state index is -0.529. The minimum Gasteiger partial charge on any atom is -0.466 e. The number of methoxy groups -OCH3 is 2. The van der Waals surface area contributed by atoms with Gasteiger partial charge in [-0.15, -0.1) is 0 Å². The van der Waals surface area contributed by atoms with Gasteiger partial charge < -0.3 is 9.47 Å². The number of carbonyl (C=O) groups is 2. The smallest absolute Gasteiger partial charge is 0.410 e. The molecule has 1 fully saturated rings. The molecule has 1 amide bonds. The summed E-state index contributed by atoms with van der Waals surface area (Å²) < 4.78 is 9.87. The van der Waals surface area contributed by atoms with E-state index in [1.54, 1.807) is 4.90 Å². The zero-order chi connectivity index (χ0) is 14.8. The highest BCUT2D eigenvalue weighted by atomic mass is 16.5. The van der Waals surface area contributed by atoms with E-state index >= 15 is 0 Å². The quantitative estimate of drug-likeness (QED) is 0.743. The average Bonchev–Trinajstić information content (AvgIpc) is 2.73. The van der Waals surface area contributed by atoms with E-state index in [1.807, 2.05) is 6.08 Å². The van der Waals surface area contributed by atoms with Crippen LogP contribution in [0.15, 0.2) is 11.6 Å². The Morgan fingerprint density at radius 2 is 2.15 bits per heavy atom. The Morgan fingerprint density at radius 3 is 2.75 bits per heavy atom. The molecule has 5 nitrogen and oxygen atoms in total. The highest BCUT2D eigenvalue weighted by Crippen LogP contribution is 2.48. The van der Waals surface area contributed by atoms with Gasteiger partial charge in [-0.2, -0.15) is 0 Å². The first-order chi connectivity index (χ1) is 9.60. The molecule has 2 heterocycles. The van der Waals surface area contributed by atoms with E-state index in [2.05, 4.69) is 6.92 Å². The topological polar surface area (TPSA) is 55.8 Å². The fourth-order valence-electron chi connectivity index (χ4n) is 3.59. The van der Waals surface area contributed by atoms with Crippen LogP contribution in [0.4, 0.5) is 4.79 Å². The van der Waals surface area contributed by atoms with Crippen LogP contribution < -0.4 is 0 Å². The van der Waals surface area contributed by atoms with Gasteiger partial charge in [0.05, 0.1) is 25.3 Å². The van der Waals surface area contributed by atoms with Crippen molar-refractivity contribution in [3.8, 4) is 0 Å². The average molecular weight is 281 g/mol. The van der Waals surface area contributed by atoms with Crippen LogP contribution in [0.2, 0.25) is 0 Å². The van der Waals surface area contributed by atoms with Crippen molar-refractivity contribution in [2.24, 2.45) is 0 Å². The molecule has 0 aromatic heterocycles. The van der Waals surface area contributed by atoms with E-state index in [1.165, 1.54) is 14.2 Å². The minimum absolute atomic E-state index is 0.146. The summed E-state index contributed by atoms with van der Waals surface area (Å²) in [5, 5.41) is 0. The normalized spacial score (nSPS) is 28.1. The van der Waals surface area contributed by atoms with Crippen molar-refractivity contribution >= 4 is 12.1 Å². The number of hydrogen-bond acceptors (Lipinski definition) is 4. The maximum absolute atomic E-state index is 12.2. The van der Waals surface area contributed by atoms with Gasteiger partial charge in [-0.05, 0) is 25.7 Å². The van der Waals surface area contributed by atoms with Gasteiger partial charge in [0.2, 0.25) is 0 Å². The van der Waals surface area contributed by atoms with E-state index in [0.29, 0.717) is 12.0 Å². The first-order valence-electron chi connectivity index (χ1n) is 7.27. The summed E-state index contributed by atoms with van der Waals surface area (Å²) >= 11 is 0. The van der Waals surface area contributed by atoms with E-state index in [9.17, 15) is 9.59 Å². The van der Waals surface area contributed by atoms with Gasteiger partial charge in [0.1, 0.15) is 0 Å². The van der Waals surface area contributed by atoms with E-state index < -0.39 is 5.54 Å². The maximum atomic E-state index is 12.2.